The monoisotopic (exact) mass is 285 g/mol. The Morgan fingerprint density at radius 3 is 2.90 bits per heavy atom. The highest BCUT2D eigenvalue weighted by Gasteiger charge is 2.30. The maximum atomic E-state index is 5.35. The van der Waals surface area contributed by atoms with E-state index in [0.29, 0.717) is 12.1 Å². The van der Waals surface area contributed by atoms with Crippen LogP contribution in [0.4, 0.5) is 0 Å². The number of nitrogens with one attached hydrogen (secondary N) is 1. The number of hydrogen-bond acceptors (Lipinski definition) is 3. The molecule has 1 heterocycles. The Balaban J connectivity index is 1.97. The fourth-order valence-corrected chi connectivity index (χ4v) is 3.27. The molecule has 1 aliphatic rings. The first-order valence-electron chi connectivity index (χ1n) is 7.65. The third-order valence-electron chi connectivity index (χ3n) is 4.28. The molecule has 0 aliphatic heterocycles. The lowest BCUT2D eigenvalue weighted by Gasteiger charge is -2.34. The van der Waals surface area contributed by atoms with Gasteiger partial charge in [0.25, 0.3) is 0 Å². The van der Waals surface area contributed by atoms with Gasteiger partial charge >= 0.3 is 0 Å². The highest BCUT2D eigenvalue weighted by atomic mass is 16.5. The summed E-state index contributed by atoms with van der Waals surface area (Å²) in [7, 11) is 1.72. The minimum absolute atomic E-state index is 0.309. The highest BCUT2D eigenvalue weighted by Crippen LogP contribution is 2.38. The Bertz CT molecular complexity index is 620. The zero-order valence-electron chi connectivity index (χ0n) is 13.0. The second-order valence-electron chi connectivity index (χ2n) is 5.64. The Hall–Kier alpha value is -1.81. The van der Waals surface area contributed by atoms with E-state index in [-0.39, 0.29) is 0 Å². The van der Waals surface area contributed by atoms with Crippen LogP contribution in [0, 0.1) is 6.92 Å². The molecule has 2 atom stereocenters. The van der Waals surface area contributed by atoms with E-state index >= 15 is 0 Å². The molecule has 112 valence electrons. The van der Waals surface area contributed by atoms with E-state index in [2.05, 4.69) is 52.5 Å². The van der Waals surface area contributed by atoms with Crippen LogP contribution in [0.25, 0.3) is 0 Å². The third-order valence-corrected chi connectivity index (χ3v) is 4.28. The molecule has 2 aromatic rings. The predicted octanol–water partition coefficient (Wildman–Crippen LogP) is 3.04. The lowest BCUT2D eigenvalue weighted by Crippen LogP contribution is -2.34. The van der Waals surface area contributed by atoms with Gasteiger partial charge in [-0.3, -0.25) is 4.68 Å². The van der Waals surface area contributed by atoms with Gasteiger partial charge in [0.05, 0.1) is 24.9 Å². The summed E-state index contributed by atoms with van der Waals surface area (Å²) in [5.41, 5.74) is 3.84. The summed E-state index contributed by atoms with van der Waals surface area (Å²) in [6, 6.07) is 9.18. The van der Waals surface area contributed by atoms with Crippen LogP contribution in [0.3, 0.4) is 0 Å². The quantitative estimate of drug-likeness (QED) is 0.938. The van der Waals surface area contributed by atoms with Crippen molar-refractivity contribution in [1.29, 1.82) is 0 Å². The van der Waals surface area contributed by atoms with Crippen LogP contribution in [0.5, 0.6) is 5.75 Å². The lowest BCUT2D eigenvalue weighted by molar-refractivity contribution is 0.298. The Labute approximate surface area is 126 Å². The standard InChI is InChI=1S/C17H23N3O/c1-4-18-17-15-7-6-14(21-3)11-13(15)5-8-16(17)20-10-9-12(2)19-20/h6-7,9-11,16-18H,4-5,8H2,1-3H3. The average molecular weight is 285 g/mol. The van der Waals surface area contributed by atoms with Crippen molar-refractivity contribution < 1.29 is 4.74 Å². The van der Waals surface area contributed by atoms with Gasteiger partial charge in [0.1, 0.15) is 5.75 Å². The molecule has 2 unspecified atom stereocenters. The number of nitrogens with zero attached hydrogens (tertiary/aromatic N) is 2. The van der Waals surface area contributed by atoms with Gasteiger partial charge in [-0.15, -0.1) is 0 Å². The molecule has 4 nitrogen and oxygen atoms in total. The lowest BCUT2D eigenvalue weighted by atomic mass is 9.84. The topological polar surface area (TPSA) is 39.1 Å². The summed E-state index contributed by atoms with van der Waals surface area (Å²) in [6.45, 7) is 5.15. The zero-order chi connectivity index (χ0) is 14.8. The number of benzene rings is 1. The van der Waals surface area contributed by atoms with Crippen molar-refractivity contribution in [1.82, 2.24) is 15.1 Å². The van der Waals surface area contributed by atoms with Gasteiger partial charge in [-0.2, -0.15) is 5.10 Å². The zero-order valence-corrected chi connectivity index (χ0v) is 13.0. The summed E-state index contributed by atoms with van der Waals surface area (Å²) < 4.78 is 7.47. The van der Waals surface area contributed by atoms with Crippen molar-refractivity contribution in [3.05, 3.63) is 47.3 Å². The molecule has 1 aromatic heterocycles. The van der Waals surface area contributed by atoms with Gasteiger partial charge in [0, 0.05) is 6.20 Å². The van der Waals surface area contributed by atoms with Crippen LogP contribution in [-0.4, -0.2) is 23.4 Å². The number of likely N-dealkylation sites (N-methyl/N-ethyl adjacent to an activating group) is 1. The number of hydrogen-bond donors (Lipinski definition) is 1. The van der Waals surface area contributed by atoms with E-state index in [1.807, 2.05) is 6.92 Å². The fourth-order valence-electron chi connectivity index (χ4n) is 3.27. The summed E-state index contributed by atoms with van der Waals surface area (Å²) >= 11 is 0. The summed E-state index contributed by atoms with van der Waals surface area (Å²) in [6.07, 6.45) is 4.26. The van der Waals surface area contributed by atoms with Gasteiger partial charge < -0.3 is 10.1 Å². The molecule has 1 N–H and O–H groups in total. The molecule has 0 amide bonds. The van der Waals surface area contributed by atoms with Crippen LogP contribution in [0.15, 0.2) is 30.5 Å². The van der Waals surface area contributed by atoms with Crippen LogP contribution in [0.2, 0.25) is 0 Å². The Kier molecular flexibility index (Phi) is 3.97. The van der Waals surface area contributed by atoms with Crippen LogP contribution >= 0.6 is 0 Å². The second-order valence-corrected chi connectivity index (χ2v) is 5.64. The molecular weight excluding hydrogens is 262 g/mol. The second kappa shape index (κ2) is 5.90. The molecule has 0 saturated carbocycles. The molecule has 0 bridgehead atoms. The van der Waals surface area contributed by atoms with Gasteiger partial charge in [0.2, 0.25) is 0 Å². The van der Waals surface area contributed by atoms with E-state index in [4.69, 9.17) is 4.74 Å². The molecule has 0 saturated heterocycles. The van der Waals surface area contributed by atoms with Crippen LogP contribution < -0.4 is 10.1 Å². The SMILES string of the molecule is CCNC1c2ccc(OC)cc2CCC1n1ccc(C)n1. The maximum Gasteiger partial charge on any atom is 0.119 e. The smallest absolute Gasteiger partial charge is 0.119 e. The van der Waals surface area contributed by atoms with Crippen molar-refractivity contribution in [2.45, 2.75) is 38.8 Å². The predicted molar refractivity (Wildman–Crippen MR) is 83.7 cm³/mol. The highest BCUT2D eigenvalue weighted by molar-refractivity contribution is 5.40. The fraction of sp³-hybridized carbons (Fsp3) is 0.471. The van der Waals surface area contributed by atoms with Gasteiger partial charge in [-0.1, -0.05) is 13.0 Å². The third kappa shape index (κ3) is 2.68. The molecule has 0 radical (unpaired) electrons. The number of methoxy groups -OCH3 is 1. The number of ether oxygens (including phenoxy) is 1. The first-order chi connectivity index (χ1) is 10.2. The van der Waals surface area contributed by atoms with E-state index in [9.17, 15) is 0 Å². The van der Waals surface area contributed by atoms with Crippen molar-refractivity contribution in [2.24, 2.45) is 0 Å². The first kappa shape index (κ1) is 14.1. The van der Waals surface area contributed by atoms with E-state index in [1.54, 1.807) is 7.11 Å². The minimum atomic E-state index is 0.309. The average Bonchev–Trinajstić information content (AvgIpc) is 2.93. The normalized spacial score (nSPS) is 21.1. The van der Waals surface area contributed by atoms with E-state index in [1.165, 1.54) is 11.1 Å². The van der Waals surface area contributed by atoms with Crippen LogP contribution in [0.1, 0.15) is 42.2 Å². The van der Waals surface area contributed by atoms with Crippen molar-refractivity contribution >= 4 is 0 Å². The molecule has 3 rings (SSSR count). The molecule has 1 aromatic carbocycles. The summed E-state index contributed by atoms with van der Waals surface area (Å²) in [5.74, 6) is 0.942. The number of aromatic nitrogens is 2. The molecule has 1 aliphatic carbocycles. The molecule has 0 spiro atoms. The number of aryl methyl sites for hydroxylation is 2. The Morgan fingerprint density at radius 1 is 1.38 bits per heavy atom. The van der Waals surface area contributed by atoms with Gasteiger partial charge in [0.15, 0.2) is 0 Å². The molecule has 21 heavy (non-hydrogen) atoms. The van der Waals surface area contributed by atoms with Gasteiger partial charge in [-0.25, -0.2) is 0 Å². The molecule has 4 heteroatoms. The first-order valence-corrected chi connectivity index (χ1v) is 7.65. The van der Waals surface area contributed by atoms with Crippen LogP contribution in [-0.2, 0) is 6.42 Å². The largest absolute Gasteiger partial charge is 0.497 e. The molecule has 0 fully saturated rings. The van der Waals surface area contributed by atoms with E-state index < -0.39 is 0 Å². The number of fused-ring (bicyclic) bond motifs is 1. The number of rotatable bonds is 4. The van der Waals surface area contributed by atoms with Crippen molar-refractivity contribution in [3.8, 4) is 5.75 Å². The summed E-state index contributed by atoms with van der Waals surface area (Å²) in [5, 5.41) is 8.26. The van der Waals surface area contributed by atoms with Crippen molar-refractivity contribution in [2.75, 3.05) is 13.7 Å². The Morgan fingerprint density at radius 2 is 2.24 bits per heavy atom. The van der Waals surface area contributed by atoms with Crippen molar-refractivity contribution in [3.63, 3.8) is 0 Å². The van der Waals surface area contributed by atoms with Gasteiger partial charge in [-0.05, 0) is 55.6 Å². The minimum Gasteiger partial charge on any atom is -0.497 e. The van der Waals surface area contributed by atoms with E-state index in [0.717, 1.165) is 30.8 Å². The molecular formula is C17H23N3O. The summed E-state index contributed by atoms with van der Waals surface area (Å²) in [4.78, 5) is 0. The maximum absolute atomic E-state index is 5.35.